The van der Waals surface area contributed by atoms with Gasteiger partial charge < -0.3 is 14.8 Å². The van der Waals surface area contributed by atoms with E-state index in [1.54, 1.807) is 60.7 Å². The predicted octanol–water partition coefficient (Wildman–Crippen LogP) is 5.06. The first-order valence-electron chi connectivity index (χ1n) is 9.88. The van der Waals surface area contributed by atoms with E-state index in [2.05, 4.69) is 5.32 Å². The molecule has 0 spiro atoms. The van der Waals surface area contributed by atoms with E-state index in [0.717, 1.165) is 5.56 Å². The highest BCUT2D eigenvalue weighted by molar-refractivity contribution is 6.46. The van der Waals surface area contributed by atoms with E-state index in [1.807, 2.05) is 13.0 Å². The highest BCUT2D eigenvalue weighted by atomic mass is 35.5. The molecule has 0 unspecified atom stereocenters. The number of imide groups is 1. The molecule has 162 valence electrons. The molecule has 0 fully saturated rings. The summed E-state index contributed by atoms with van der Waals surface area (Å²) < 4.78 is 10.7. The number of halogens is 1. The lowest BCUT2D eigenvalue weighted by Crippen LogP contribution is -2.32. The molecule has 1 aliphatic heterocycles. The van der Waals surface area contributed by atoms with Crippen molar-refractivity contribution in [3.63, 3.8) is 0 Å². The number of nitrogens with zero attached hydrogens (tertiary/aromatic N) is 1. The number of rotatable bonds is 6. The van der Waals surface area contributed by atoms with Crippen LogP contribution in [0, 0.1) is 6.92 Å². The summed E-state index contributed by atoms with van der Waals surface area (Å²) in [6.07, 6.45) is 0. The monoisotopic (exact) mass is 448 g/mol. The molecule has 3 aromatic rings. The number of amides is 2. The van der Waals surface area contributed by atoms with Crippen molar-refractivity contribution in [3.05, 3.63) is 88.6 Å². The number of aryl methyl sites for hydroxylation is 1. The number of hydrogen-bond donors (Lipinski definition) is 1. The van der Waals surface area contributed by atoms with Gasteiger partial charge in [-0.3, -0.25) is 9.59 Å². The van der Waals surface area contributed by atoms with Crippen LogP contribution >= 0.6 is 11.6 Å². The fraction of sp³-hybridized carbons (Fsp3) is 0.120. The van der Waals surface area contributed by atoms with Gasteiger partial charge >= 0.3 is 0 Å². The van der Waals surface area contributed by atoms with Crippen LogP contribution in [-0.4, -0.2) is 26.0 Å². The first-order chi connectivity index (χ1) is 15.4. The van der Waals surface area contributed by atoms with Gasteiger partial charge in [0.1, 0.15) is 5.70 Å². The number of hydrogen-bond acceptors (Lipinski definition) is 5. The van der Waals surface area contributed by atoms with Gasteiger partial charge in [-0.25, -0.2) is 4.90 Å². The van der Waals surface area contributed by atoms with Crippen LogP contribution in [0.15, 0.2) is 72.4 Å². The maximum absolute atomic E-state index is 13.5. The van der Waals surface area contributed by atoms with Crippen molar-refractivity contribution in [2.75, 3.05) is 24.4 Å². The van der Waals surface area contributed by atoms with E-state index in [-0.39, 0.29) is 11.3 Å². The summed E-state index contributed by atoms with van der Waals surface area (Å²) in [5, 5.41) is 3.75. The molecule has 1 N–H and O–H groups in total. The molecule has 0 saturated heterocycles. The van der Waals surface area contributed by atoms with E-state index < -0.39 is 11.8 Å². The van der Waals surface area contributed by atoms with Crippen LogP contribution < -0.4 is 19.7 Å². The molecule has 0 saturated carbocycles. The van der Waals surface area contributed by atoms with E-state index >= 15 is 0 Å². The number of methoxy groups -OCH3 is 2. The molecule has 7 heteroatoms. The molecule has 1 heterocycles. The molecule has 6 nitrogen and oxygen atoms in total. The molecule has 4 rings (SSSR count). The fourth-order valence-corrected chi connectivity index (χ4v) is 3.85. The van der Waals surface area contributed by atoms with Gasteiger partial charge in [-0.05, 0) is 60.5 Å². The maximum Gasteiger partial charge on any atom is 0.282 e. The third-order valence-electron chi connectivity index (χ3n) is 5.22. The zero-order valence-electron chi connectivity index (χ0n) is 17.8. The average molecular weight is 449 g/mol. The zero-order valence-corrected chi connectivity index (χ0v) is 18.6. The summed E-state index contributed by atoms with van der Waals surface area (Å²) in [5.41, 5.74) is 2.97. The Balaban J connectivity index is 1.87. The molecule has 0 aliphatic carbocycles. The van der Waals surface area contributed by atoms with Gasteiger partial charge in [-0.1, -0.05) is 35.9 Å². The van der Waals surface area contributed by atoms with Crippen LogP contribution in [0.25, 0.3) is 5.57 Å². The van der Waals surface area contributed by atoms with Crippen molar-refractivity contribution in [3.8, 4) is 11.5 Å². The van der Waals surface area contributed by atoms with Crippen LogP contribution in [0.2, 0.25) is 5.02 Å². The second kappa shape index (κ2) is 8.77. The van der Waals surface area contributed by atoms with Gasteiger partial charge in [-0.2, -0.15) is 0 Å². The van der Waals surface area contributed by atoms with Crippen molar-refractivity contribution >= 4 is 40.4 Å². The first-order valence-corrected chi connectivity index (χ1v) is 10.3. The highest BCUT2D eigenvalue weighted by Crippen LogP contribution is 2.37. The van der Waals surface area contributed by atoms with Crippen LogP contribution in [0.1, 0.15) is 11.1 Å². The summed E-state index contributed by atoms with van der Waals surface area (Å²) in [6.45, 7) is 1.88. The van der Waals surface area contributed by atoms with Crippen molar-refractivity contribution in [2.24, 2.45) is 0 Å². The Labute approximate surface area is 191 Å². The zero-order chi connectivity index (χ0) is 22.8. The maximum atomic E-state index is 13.5. The predicted molar refractivity (Wildman–Crippen MR) is 125 cm³/mol. The standard InChI is InChI=1S/C25H21ClN2O4/c1-15-13-17(26)10-11-19(15)27-23-22(16-9-12-20(31-2)21(14-16)32-3)24(29)28(25(23)30)18-7-5-4-6-8-18/h4-14,27H,1-3H3. The SMILES string of the molecule is COc1ccc(C2=C(Nc3ccc(Cl)cc3C)C(=O)N(c3ccccc3)C2=O)cc1OC. The molecule has 0 atom stereocenters. The number of carbonyl (C=O) groups is 2. The smallest absolute Gasteiger partial charge is 0.282 e. The third kappa shape index (κ3) is 3.81. The topological polar surface area (TPSA) is 67.9 Å². The van der Waals surface area contributed by atoms with Gasteiger partial charge in [0.15, 0.2) is 11.5 Å². The van der Waals surface area contributed by atoms with Gasteiger partial charge in [0, 0.05) is 10.7 Å². The largest absolute Gasteiger partial charge is 0.493 e. The number of ether oxygens (including phenoxy) is 2. The van der Waals surface area contributed by atoms with Crippen LogP contribution in [0.3, 0.4) is 0 Å². The quantitative estimate of drug-likeness (QED) is 0.534. The molecular formula is C25H21ClN2O4. The summed E-state index contributed by atoms with van der Waals surface area (Å²) in [7, 11) is 3.05. The first kappa shape index (κ1) is 21.5. The lowest BCUT2D eigenvalue weighted by molar-refractivity contribution is -0.120. The van der Waals surface area contributed by atoms with E-state index in [1.165, 1.54) is 19.1 Å². The summed E-state index contributed by atoms with van der Waals surface area (Å²) in [4.78, 5) is 28.2. The van der Waals surface area contributed by atoms with E-state index in [9.17, 15) is 9.59 Å². The Kier molecular flexibility index (Phi) is 5.88. The molecule has 0 aromatic heterocycles. The number of anilines is 2. The van der Waals surface area contributed by atoms with Gasteiger partial charge in [0.25, 0.3) is 11.8 Å². The Morgan fingerprint density at radius 1 is 0.844 bits per heavy atom. The summed E-state index contributed by atoms with van der Waals surface area (Å²) in [5.74, 6) is 0.109. The molecule has 32 heavy (non-hydrogen) atoms. The molecule has 3 aromatic carbocycles. The summed E-state index contributed by atoms with van der Waals surface area (Å²) in [6, 6.07) is 19.2. The summed E-state index contributed by atoms with van der Waals surface area (Å²) >= 11 is 6.08. The molecule has 2 amide bonds. The average Bonchev–Trinajstić information content (AvgIpc) is 3.04. The lowest BCUT2D eigenvalue weighted by atomic mass is 10.0. The Bertz CT molecular complexity index is 1240. The van der Waals surface area contributed by atoms with Crippen molar-refractivity contribution < 1.29 is 19.1 Å². The van der Waals surface area contributed by atoms with Crippen LogP contribution in [0.4, 0.5) is 11.4 Å². The van der Waals surface area contributed by atoms with Gasteiger partial charge in [0.05, 0.1) is 25.5 Å². The number of para-hydroxylation sites is 1. The third-order valence-corrected chi connectivity index (χ3v) is 5.45. The second-order valence-corrected chi connectivity index (χ2v) is 7.62. The van der Waals surface area contributed by atoms with Gasteiger partial charge in [0.2, 0.25) is 0 Å². The minimum atomic E-state index is -0.444. The van der Waals surface area contributed by atoms with Crippen molar-refractivity contribution in [1.82, 2.24) is 0 Å². The van der Waals surface area contributed by atoms with Crippen LogP contribution in [0.5, 0.6) is 11.5 Å². The minimum absolute atomic E-state index is 0.177. The molecule has 0 bridgehead atoms. The Morgan fingerprint density at radius 2 is 1.56 bits per heavy atom. The number of benzene rings is 3. The van der Waals surface area contributed by atoms with E-state index in [0.29, 0.717) is 33.5 Å². The van der Waals surface area contributed by atoms with Crippen molar-refractivity contribution in [1.29, 1.82) is 0 Å². The second-order valence-electron chi connectivity index (χ2n) is 7.19. The number of carbonyl (C=O) groups excluding carboxylic acids is 2. The Hall–Kier alpha value is -3.77. The van der Waals surface area contributed by atoms with Gasteiger partial charge in [-0.15, -0.1) is 0 Å². The molecular weight excluding hydrogens is 428 g/mol. The fourth-order valence-electron chi connectivity index (χ4n) is 3.62. The van der Waals surface area contributed by atoms with Crippen molar-refractivity contribution in [2.45, 2.75) is 6.92 Å². The lowest BCUT2D eigenvalue weighted by Gasteiger charge is -2.15. The van der Waals surface area contributed by atoms with Crippen LogP contribution in [-0.2, 0) is 9.59 Å². The van der Waals surface area contributed by atoms with E-state index in [4.69, 9.17) is 21.1 Å². The normalized spacial score (nSPS) is 13.6. The highest BCUT2D eigenvalue weighted by Gasteiger charge is 2.40. The molecule has 1 aliphatic rings. The Morgan fingerprint density at radius 3 is 2.22 bits per heavy atom. The molecule has 0 radical (unpaired) electrons. The number of nitrogens with one attached hydrogen (secondary N) is 1. The minimum Gasteiger partial charge on any atom is -0.493 e.